The minimum Gasteiger partial charge on any atom is -0.264 e. The predicted octanol–water partition coefficient (Wildman–Crippen LogP) is 10.2. The minimum absolute atomic E-state index is 1.05. The number of nitrogens with zero attached hydrogens (tertiary/aromatic N) is 2. The van der Waals surface area contributed by atoms with Crippen molar-refractivity contribution in [3.05, 3.63) is 134 Å². The monoisotopic (exact) mass is 514 g/mol. The van der Waals surface area contributed by atoms with E-state index in [4.69, 9.17) is 4.98 Å². The quantitative estimate of drug-likeness (QED) is 0.219. The molecular formula is C36H22N2S. The van der Waals surface area contributed by atoms with Crippen molar-refractivity contribution in [1.82, 2.24) is 9.97 Å². The number of thiazole rings is 1. The average molecular weight is 515 g/mol. The number of fused-ring (bicyclic) bond motifs is 4. The first kappa shape index (κ1) is 22.2. The van der Waals surface area contributed by atoms with Crippen LogP contribution in [0.15, 0.2) is 134 Å². The van der Waals surface area contributed by atoms with Gasteiger partial charge in [0.25, 0.3) is 0 Å². The van der Waals surface area contributed by atoms with E-state index in [2.05, 4.69) is 120 Å². The van der Waals surface area contributed by atoms with Crippen LogP contribution in [-0.4, -0.2) is 9.97 Å². The highest BCUT2D eigenvalue weighted by Gasteiger charge is 2.17. The Bertz CT molecular complexity index is 2080. The Labute approximate surface area is 229 Å². The molecule has 2 nitrogen and oxygen atoms in total. The average Bonchev–Trinajstić information content (AvgIpc) is 3.44. The summed E-state index contributed by atoms with van der Waals surface area (Å²) in [4.78, 5) is 9.43. The van der Waals surface area contributed by atoms with E-state index in [1.165, 1.54) is 53.9 Å². The van der Waals surface area contributed by atoms with Gasteiger partial charge >= 0.3 is 0 Å². The van der Waals surface area contributed by atoms with Crippen molar-refractivity contribution < 1.29 is 0 Å². The number of benzene rings is 6. The molecule has 182 valence electrons. The molecule has 0 spiro atoms. The van der Waals surface area contributed by atoms with E-state index in [9.17, 15) is 0 Å². The van der Waals surface area contributed by atoms with Gasteiger partial charge in [-0.3, -0.25) is 4.98 Å². The van der Waals surface area contributed by atoms with Crippen LogP contribution in [0.4, 0.5) is 0 Å². The maximum atomic E-state index is 4.86. The molecule has 0 aliphatic carbocycles. The smallest absolute Gasteiger partial charge is 0.124 e. The molecule has 0 radical (unpaired) electrons. The minimum atomic E-state index is 1.05. The van der Waals surface area contributed by atoms with E-state index in [1.807, 2.05) is 18.5 Å². The molecule has 0 atom stereocenters. The lowest BCUT2D eigenvalue weighted by atomic mass is 9.86. The van der Waals surface area contributed by atoms with Gasteiger partial charge in [-0.05, 0) is 73.5 Å². The highest BCUT2D eigenvalue weighted by molar-refractivity contribution is 7.21. The van der Waals surface area contributed by atoms with Crippen LogP contribution in [0.5, 0.6) is 0 Å². The van der Waals surface area contributed by atoms with Crippen LogP contribution in [0.3, 0.4) is 0 Å². The molecular weight excluding hydrogens is 492 g/mol. The van der Waals surface area contributed by atoms with E-state index < -0.39 is 0 Å². The summed E-state index contributed by atoms with van der Waals surface area (Å²) in [5.74, 6) is 0. The Balaban J connectivity index is 1.35. The van der Waals surface area contributed by atoms with Gasteiger partial charge in [0.05, 0.1) is 10.2 Å². The molecule has 0 N–H and O–H groups in total. The Morgan fingerprint density at radius 1 is 0.487 bits per heavy atom. The topological polar surface area (TPSA) is 25.8 Å². The lowest BCUT2D eigenvalue weighted by molar-refractivity contribution is 1.37. The first-order valence-electron chi connectivity index (χ1n) is 13.1. The van der Waals surface area contributed by atoms with Gasteiger partial charge in [0.2, 0.25) is 0 Å². The first-order chi connectivity index (χ1) is 19.3. The van der Waals surface area contributed by atoms with Crippen molar-refractivity contribution in [1.29, 1.82) is 0 Å². The number of aromatic nitrogens is 2. The normalized spacial score (nSPS) is 11.6. The number of pyridine rings is 1. The van der Waals surface area contributed by atoms with Crippen LogP contribution in [0, 0.1) is 0 Å². The molecule has 0 amide bonds. The maximum Gasteiger partial charge on any atom is 0.124 e. The molecule has 0 fully saturated rings. The highest BCUT2D eigenvalue weighted by atomic mass is 32.1. The molecule has 0 unspecified atom stereocenters. The van der Waals surface area contributed by atoms with Crippen molar-refractivity contribution in [3.63, 3.8) is 0 Å². The maximum absolute atomic E-state index is 4.86. The molecule has 0 saturated heterocycles. The second-order valence-corrected chi connectivity index (χ2v) is 10.9. The highest BCUT2D eigenvalue weighted by Crippen LogP contribution is 2.44. The van der Waals surface area contributed by atoms with Crippen LogP contribution < -0.4 is 0 Å². The van der Waals surface area contributed by atoms with Gasteiger partial charge in [-0.2, -0.15) is 0 Å². The first-order valence-corrected chi connectivity index (χ1v) is 13.9. The zero-order valence-electron chi connectivity index (χ0n) is 21.0. The molecule has 0 bridgehead atoms. The third kappa shape index (κ3) is 3.63. The molecule has 0 saturated carbocycles. The predicted molar refractivity (Wildman–Crippen MR) is 166 cm³/mol. The number of hydrogen-bond acceptors (Lipinski definition) is 3. The summed E-state index contributed by atoms with van der Waals surface area (Å²) in [6, 6.07) is 43.4. The van der Waals surface area contributed by atoms with E-state index >= 15 is 0 Å². The summed E-state index contributed by atoms with van der Waals surface area (Å²) in [7, 11) is 0. The molecule has 2 heterocycles. The lowest BCUT2D eigenvalue weighted by Crippen LogP contribution is -1.91. The fourth-order valence-electron chi connectivity index (χ4n) is 5.76. The van der Waals surface area contributed by atoms with Crippen LogP contribution in [0.1, 0.15) is 0 Å². The summed E-state index contributed by atoms with van der Waals surface area (Å²) in [5, 5.41) is 8.39. The second kappa shape index (κ2) is 8.87. The van der Waals surface area contributed by atoms with Gasteiger partial charge < -0.3 is 0 Å². The second-order valence-electron chi connectivity index (χ2n) is 9.84. The lowest BCUT2D eigenvalue weighted by Gasteiger charge is -2.17. The molecule has 8 rings (SSSR count). The summed E-state index contributed by atoms with van der Waals surface area (Å²) < 4.78 is 1.21. The molecule has 0 aliphatic heterocycles. The van der Waals surface area contributed by atoms with Gasteiger partial charge in [-0.25, -0.2) is 4.98 Å². The van der Waals surface area contributed by atoms with Crippen LogP contribution >= 0.6 is 11.3 Å². The fourth-order valence-corrected chi connectivity index (χ4v) is 6.73. The number of hydrogen-bond donors (Lipinski definition) is 0. The van der Waals surface area contributed by atoms with Crippen molar-refractivity contribution in [2.24, 2.45) is 0 Å². The molecule has 2 aromatic heterocycles. The van der Waals surface area contributed by atoms with Crippen molar-refractivity contribution in [3.8, 4) is 32.8 Å². The Morgan fingerprint density at radius 2 is 1.13 bits per heavy atom. The van der Waals surface area contributed by atoms with Gasteiger partial charge in [-0.15, -0.1) is 11.3 Å². The molecule has 3 heteroatoms. The Hall–Kier alpha value is -4.86. The van der Waals surface area contributed by atoms with E-state index in [0.29, 0.717) is 0 Å². The zero-order chi connectivity index (χ0) is 25.8. The van der Waals surface area contributed by atoms with Crippen molar-refractivity contribution >= 4 is 53.9 Å². The van der Waals surface area contributed by atoms with Crippen molar-refractivity contribution in [2.75, 3.05) is 0 Å². The summed E-state index contributed by atoms with van der Waals surface area (Å²) in [6.45, 7) is 0. The fraction of sp³-hybridized carbons (Fsp3) is 0. The van der Waals surface area contributed by atoms with Gasteiger partial charge in [0, 0.05) is 23.3 Å². The largest absolute Gasteiger partial charge is 0.264 e. The van der Waals surface area contributed by atoms with E-state index in [0.717, 1.165) is 21.5 Å². The third-order valence-corrected chi connectivity index (χ3v) is 8.66. The summed E-state index contributed by atoms with van der Waals surface area (Å²) in [6.07, 6.45) is 3.92. The SMILES string of the molecule is c1ccc2cc(-c3c4ccccc4c(-c4ccc(-c5nc6ccccc6s5)cc4)c4cnccc34)ccc2c1. The molecule has 39 heavy (non-hydrogen) atoms. The summed E-state index contributed by atoms with van der Waals surface area (Å²) in [5.41, 5.74) is 7.06. The Morgan fingerprint density at radius 3 is 1.95 bits per heavy atom. The Kier molecular flexibility index (Phi) is 5.04. The van der Waals surface area contributed by atoms with Crippen LogP contribution in [0.2, 0.25) is 0 Å². The third-order valence-electron chi connectivity index (χ3n) is 7.58. The van der Waals surface area contributed by atoms with Gasteiger partial charge in [-0.1, -0.05) is 97.1 Å². The number of para-hydroxylation sites is 1. The van der Waals surface area contributed by atoms with E-state index in [-0.39, 0.29) is 0 Å². The van der Waals surface area contributed by atoms with Crippen LogP contribution in [-0.2, 0) is 0 Å². The zero-order valence-corrected chi connectivity index (χ0v) is 21.8. The van der Waals surface area contributed by atoms with Crippen molar-refractivity contribution in [2.45, 2.75) is 0 Å². The standard InChI is InChI=1S/C36H22N2S/c1-2-8-26-21-27(18-13-23(26)7-1)35-29-10-4-3-9-28(29)34(31-22-37-20-19-30(31)35)24-14-16-25(17-15-24)36-38-32-11-5-6-12-33(32)39-36/h1-22H. The van der Waals surface area contributed by atoms with E-state index in [1.54, 1.807) is 11.3 Å². The van der Waals surface area contributed by atoms with Gasteiger partial charge in [0.1, 0.15) is 5.01 Å². The van der Waals surface area contributed by atoms with Crippen LogP contribution in [0.25, 0.3) is 75.4 Å². The number of rotatable bonds is 3. The molecule has 8 aromatic rings. The van der Waals surface area contributed by atoms with Gasteiger partial charge in [0.15, 0.2) is 0 Å². The molecule has 0 aliphatic rings. The summed E-state index contributed by atoms with van der Waals surface area (Å²) >= 11 is 1.74. The molecule has 6 aromatic carbocycles.